The van der Waals surface area contributed by atoms with E-state index in [9.17, 15) is 14.7 Å². The summed E-state index contributed by atoms with van der Waals surface area (Å²) in [6, 6.07) is 14.7. The Kier molecular flexibility index (Phi) is 6.87. The maximum Gasteiger partial charge on any atom is 0.222 e. The molecule has 0 saturated carbocycles. The number of carbonyl (C=O) groups excluding carboxylic acids is 2. The van der Waals surface area contributed by atoms with Gasteiger partial charge < -0.3 is 15.3 Å². The number of hydrogen-bond donors (Lipinski definition) is 3. The second-order valence-corrected chi connectivity index (χ2v) is 8.22. The maximum atomic E-state index is 12.6. The van der Waals surface area contributed by atoms with Gasteiger partial charge in [-0.25, -0.2) is 0 Å². The van der Waals surface area contributed by atoms with Gasteiger partial charge in [-0.05, 0) is 49.6 Å². The first kappa shape index (κ1) is 22.2. The lowest BCUT2D eigenvalue weighted by molar-refractivity contribution is -0.122. The molecule has 0 aliphatic carbocycles. The number of aryl methyl sites for hydroxylation is 1. The van der Waals surface area contributed by atoms with E-state index in [0.29, 0.717) is 5.69 Å². The van der Waals surface area contributed by atoms with Crippen LogP contribution in [0.25, 0.3) is 11.1 Å². The number of hydrogen-bond acceptors (Lipinski definition) is 4. The van der Waals surface area contributed by atoms with Gasteiger partial charge in [0.25, 0.3) is 0 Å². The topological polar surface area (TPSA) is 98.3 Å². The Morgan fingerprint density at radius 2 is 2.00 bits per heavy atom. The van der Waals surface area contributed by atoms with Crippen molar-refractivity contribution in [3.05, 3.63) is 72.1 Å². The lowest BCUT2D eigenvalue weighted by Gasteiger charge is -2.29. The summed E-state index contributed by atoms with van der Waals surface area (Å²) in [5, 5.41) is 19.5. The van der Waals surface area contributed by atoms with Crippen LogP contribution in [0.3, 0.4) is 0 Å². The van der Waals surface area contributed by atoms with Gasteiger partial charge in [0.05, 0.1) is 24.3 Å². The van der Waals surface area contributed by atoms with E-state index >= 15 is 0 Å². The van der Waals surface area contributed by atoms with Crippen LogP contribution in [0.5, 0.6) is 0 Å². The fraction of sp³-hybridized carbons (Fsp3) is 0.292. The predicted molar refractivity (Wildman–Crippen MR) is 120 cm³/mol. The van der Waals surface area contributed by atoms with Crippen LogP contribution in [0.1, 0.15) is 37.4 Å². The molecule has 2 aromatic carbocycles. The minimum Gasteiger partial charge on any atom is -0.389 e. The molecule has 162 valence electrons. The molecule has 1 atom stereocenters. The standard InChI is InChI=1S/C24H28N4O3/c1-17-11-20(9-10-21(17)19-13-26-27-14-19)28(16-29)22(18-7-5-4-6-8-18)12-23(30)25-15-24(2,3)31/h4-11,13-14,16,22,31H,12,15H2,1-3H3,(H,25,30)(H,26,27)/t22-/m1/s1. The van der Waals surface area contributed by atoms with E-state index in [1.54, 1.807) is 24.9 Å². The van der Waals surface area contributed by atoms with Gasteiger partial charge in [0.15, 0.2) is 0 Å². The van der Waals surface area contributed by atoms with Crippen LogP contribution in [-0.2, 0) is 9.59 Å². The Balaban J connectivity index is 1.90. The Hall–Kier alpha value is -3.45. The van der Waals surface area contributed by atoms with Crippen LogP contribution < -0.4 is 10.2 Å². The molecule has 1 aromatic heterocycles. The fourth-order valence-electron chi connectivity index (χ4n) is 3.46. The van der Waals surface area contributed by atoms with E-state index in [1.807, 2.05) is 61.7 Å². The summed E-state index contributed by atoms with van der Waals surface area (Å²) in [5.41, 5.74) is 3.51. The molecule has 2 amide bonds. The molecule has 0 radical (unpaired) electrons. The van der Waals surface area contributed by atoms with E-state index in [1.165, 1.54) is 0 Å². The third-order valence-corrected chi connectivity index (χ3v) is 5.05. The zero-order valence-corrected chi connectivity index (χ0v) is 18.0. The van der Waals surface area contributed by atoms with Gasteiger partial charge in [0.1, 0.15) is 0 Å². The van der Waals surface area contributed by atoms with Crippen LogP contribution in [-0.4, -0.2) is 39.8 Å². The van der Waals surface area contributed by atoms with Crippen LogP contribution in [0, 0.1) is 6.92 Å². The van der Waals surface area contributed by atoms with Gasteiger partial charge in [-0.1, -0.05) is 36.4 Å². The molecule has 0 saturated heterocycles. The number of carbonyl (C=O) groups is 2. The summed E-state index contributed by atoms with van der Waals surface area (Å²) >= 11 is 0. The Morgan fingerprint density at radius 1 is 1.26 bits per heavy atom. The highest BCUT2D eigenvalue weighted by Gasteiger charge is 2.25. The van der Waals surface area contributed by atoms with Crippen molar-refractivity contribution >= 4 is 18.0 Å². The maximum absolute atomic E-state index is 12.6. The number of aromatic amines is 1. The third kappa shape index (κ3) is 5.79. The minimum atomic E-state index is -1.01. The van der Waals surface area contributed by atoms with Gasteiger partial charge in [0.2, 0.25) is 12.3 Å². The molecule has 3 rings (SSSR count). The summed E-state index contributed by atoms with van der Waals surface area (Å²) in [4.78, 5) is 26.4. The largest absolute Gasteiger partial charge is 0.389 e. The number of anilines is 1. The summed E-state index contributed by atoms with van der Waals surface area (Å²) in [6.45, 7) is 5.36. The summed E-state index contributed by atoms with van der Waals surface area (Å²) in [5.74, 6) is -0.241. The smallest absolute Gasteiger partial charge is 0.222 e. The average Bonchev–Trinajstić information content (AvgIpc) is 3.27. The number of nitrogens with one attached hydrogen (secondary N) is 2. The highest BCUT2D eigenvalue weighted by atomic mass is 16.3. The number of amides is 2. The third-order valence-electron chi connectivity index (χ3n) is 5.05. The van der Waals surface area contributed by atoms with Gasteiger partial charge in [-0.15, -0.1) is 0 Å². The van der Waals surface area contributed by atoms with Crippen molar-refractivity contribution < 1.29 is 14.7 Å². The van der Waals surface area contributed by atoms with Crippen molar-refractivity contribution in [3.63, 3.8) is 0 Å². The first-order chi connectivity index (χ1) is 14.8. The molecule has 0 bridgehead atoms. The molecule has 0 aliphatic heterocycles. The summed E-state index contributed by atoms with van der Waals surface area (Å²) in [7, 11) is 0. The molecule has 1 heterocycles. The van der Waals surface area contributed by atoms with Crippen LogP contribution in [0.4, 0.5) is 5.69 Å². The second-order valence-electron chi connectivity index (χ2n) is 8.22. The SMILES string of the molecule is Cc1cc(N(C=O)[C@H](CC(=O)NCC(C)(C)O)c2ccccc2)ccc1-c1cn[nH]c1. The monoisotopic (exact) mass is 420 g/mol. The fourth-order valence-corrected chi connectivity index (χ4v) is 3.46. The lowest BCUT2D eigenvalue weighted by atomic mass is 9.99. The number of rotatable bonds is 9. The number of H-pyrrole nitrogens is 1. The quantitative estimate of drug-likeness (QED) is 0.462. The van der Waals surface area contributed by atoms with Gasteiger partial charge in [0, 0.05) is 24.0 Å². The molecule has 7 nitrogen and oxygen atoms in total. The number of aromatic nitrogens is 2. The molecule has 31 heavy (non-hydrogen) atoms. The molecule has 3 N–H and O–H groups in total. The summed E-state index contributed by atoms with van der Waals surface area (Å²) < 4.78 is 0. The van der Waals surface area contributed by atoms with Gasteiger partial charge in [-0.2, -0.15) is 5.10 Å². The molecular weight excluding hydrogens is 392 g/mol. The van der Waals surface area contributed by atoms with Crippen molar-refractivity contribution in [1.29, 1.82) is 0 Å². The van der Waals surface area contributed by atoms with E-state index in [2.05, 4.69) is 15.5 Å². The van der Waals surface area contributed by atoms with Crippen LogP contribution in [0.2, 0.25) is 0 Å². The van der Waals surface area contributed by atoms with Crippen molar-refractivity contribution in [1.82, 2.24) is 15.5 Å². The second kappa shape index (κ2) is 9.57. The first-order valence-electron chi connectivity index (χ1n) is 10.2. The highest BCUT2D eigenvalue weighted by molar-refractivity contribution is 5.83. The van der Waals surface area contributed by atoms with Crippen LogP contribution >= 0.6 is 0 Å². The predicted octanol–water partition coefficient (Wildman–Crippen LogP) is 3.37. The molecule has 3 aromatic rings. The molecule has 0 aliphatic rings. The van der Waals surface area contributed by atoms with Gasteiger partial charge in [-0.3, -0.25) is 14.7 Å². The normalized spacial score (nSPS) is 12.3. The number of aliphatic hydroxyl groups is 1. The van der Waals surface area contributed by atoms with E-state index < -0.39 is 11.6 Å². The molecule has 0 fully saturated rings. The molecular formula is C24H28N4O3. The number of benzene rings is 2. The molecule has 0 spiro atoms. The van der Waals surface area contributed by atoms with Crippen molar-refractivity contribution in [2.75, 3.05) is 11.4 Å². The first-order valence-corrected chi connectivity index (χ1v) is 10.2. The zero-order chi connectivity index (χ0) is 22.4. The Morgan fingerprint density at radius 3 is 2.58 bits per heavy atom. The summed E-state index contributed by atoms with van der Waals surface area (Å²) in [6.07, 6.45) is 4.40. The Bertz CT molecular complexity index is 1010. The number of nitrogens with zero attached hydrogens (tertiary/aromatic N) is 2. The molecule has 7 heteroatoms. The van der Waals surface area contributed by atoms with E-state index in [4.69, 9.17) is 0 Å². The van der Waals surface area contributed by atoms with Gasteiger partial charge >= 0.3 is 0 Å². The zero-order valence-electron chi connectivity index (χ0n) is 18.0. The Labute approximate surface area is 182 Å². The average molecular weight is 421 g/mol. The van der Waals surface area contributed by atoms with Crippen molar-refractivity contribution in [3.8, 4) is 11.1 Å². The van der Waals surface area contributed by atoms with E-state index in [0.717, 1.165) is 28.7 Å². The highest BCUT2D eigenvalue weighted by Crippen LogP contribution is 2.32. The van der Waals surface area contributed by atoms with Crippen LogP contribution in [0.15, 0.2) is 60.9 Å². The molecule has 0 unspecified atom stereocenters. The van der Waals surface area contributed by atoms with Crippen molar-refractivity contribution in [2.45, 2.75) is 38.8 Å². The lowest BCUT2D eigenvalue weighted by Crippen LogP contribution is -2.40. The van der Waals surface area contributed by atoms with Crippen molar-refractivity contribution in [2.24, 2.45) is 0 Å². The van der Waals surface area contributed by atoms with E-state index in [-0.39, 0.29) is 18.9 Å². The minimum absolute atomic E-state index is 0.0708.